The second-order valence-corrected chi connectivity index (χ2v) is 3.73. The number of oxazole rings is 1. The molecule has 0 saturated heterocycles. The maximum atomic E-state index is 9.29. The lowest BCUT2D eigenvalue weighted by molar-refractivity contribution is 0.267. The van der Waals surface area contributed by atoms with Crippen LogP contribution in [-0.4, -0.2) is 16.7 Å². The van der Waals surface area contributed by atoms with E-state index in [1.54, 1.807) is 6.20 Å². The first kappa shape index (κ1) is 12.4. The van der Waals surface area contributed by atoms with Gasteiger partial charge in [-0.1, -0.05) is 0 Å². The van der Waals surface area contributed by atoms with Crippen LogP contribution in [0.15, 0.2) is 35.2 Å². The molecule has 0 fully saturated rings. The van der Waals surface area contributed by atoms with Crippen LogP contribution in [0.3, 0.4) is 0 Å². The molecule has 1 heterocycles. The summed E-state index contributed by atoms with van der Waals surface area (Å²) in [6.45, 7) is 3.00. The molecule has 0 aliphatic heterocycles. The SMILES string of the molecule is CCOc1ccc(NCc2cnco2)cc1CO. The molecule has 0 aliphatic carbocycles. The van der Waals surface area contributed by atoms with E-state index in [2.05, 4.69) is 10.3 Å². The first-order chi connectivity index (χ1) is 8.83. The second-order valence-electron chi connectivity index (χ2n) is 3.73. The molecular weight excluding hydrogens is 232 g/mol. The van der Waals surface area contributed by atoms with E-state index in [1.165, 1.54) is 6.39 Å². The number of ether oxygens (including phenoxy) is 1. The molecule has 5 nitrogen and oxygen atoms in total. The van der Waals surface area contributed by atoms with Gasteiger partial charge in [0.05, 0.1) is 26.0 Å². The van der Waals surface area contributed by atoms with Crippen molar-refractivity contribution in [3.05, 3.63) is 42.1 Å². The van der Waals surface area contributed by atoms with E-state index in [4.69, 9.17) is 9.15 Å². The molecule has 0 bridgehead atoms. The van der Waals surface area contributed by atoms with Gasteiger partial charge in [-0.15, -0.1) is 0 Å². The third-order valence-electron chi connectivity index (χ3n) is 2.48. The summed E-state index contributed by atoms with van der Waals surface area (Å²) >= 11 is 0. The minimum atomic E-state index is -0.0485. The van der Waals surface area contributed by atoms with Crippen molar-refractivity contribution in [2.24, 2.45) is 0 Å². The smallest absolute Gasteiger partial charge is 0.180 e. The summed E-state index contributed by atoms with van der Waals surface area (Å²) < 4.78 is 10.5. The van der Waals surface area contributed by atoms with Crippen molar-refractivity contribution in [2.75, 3.05) is 11.9 Å². The van der Waals surface area contributed by atoms with Gasteiger partial charge in [-0.3, -0.25) is 0 Å². The lowest BCUT2D eigenvalue weighted by Crippen LogP contribution is -2.01. The van der Waals surface area contributed by atoms with Crippen LogP contribution in [-0.2, 0) is 13.2 Å². The number of aliphatic hydroxyl groups is 1. The largest absolute Gasteiger partial charge is 0.494 e. The molecule has 0 radical (unpaired) electrons. The molecule has 5 heteroatoms. The van der Waals surface area contributed by atoms with Gasteiger partial charge in [0.25, 0.3) is 0 Å². The van der Waals surface area contributed by atoms with Gasteiger partial charge >= 0.3 is 0 Å². The Balaban J connectivity index is 2.05. The van der Waals surface area contributed by atoms with Crippen molar-refractivity contribution in [1.29, 1.82) is 0 Å². The minimum Gasteiger partial charge on any atom is -0.494 e. The van der Waals surface area contributed by atoms with Crippen molar-refractivity contribution >= 4 is 5.69 Å². The number of nitrogens with zero attached hydrogens (tertiary/aromatic N) is 1. The monoisotopic (exact) mass is 248 g/mol. The minimum absolute atomic E-state index is 0.0485. The summed E-state index contributed by atoms with van der Waals surface area (Å²) in [5.41, 5.74) is 1.67. The molecule has 0 amide bonds. The van der Waals surface area contributed by atoms with Crippen molar-refractivity contribution in [1.82, 2.24) is 4.98 Å². The molecule has 1 aromatic heterocycles. The Hall–Kier alpha value is -2.01. The van der Waals surface area contributed by atoms with Crippen molar-refractivity contribution in [3.8, 4) is 5.75 Å². The van der Waals surface area contributed by atoms with E-state index < -0.39 is 0 Å². The average molecular weight is 248 g/mol. The Labute approximate surface area is 105 Å². The van der Waals surface area contributed by atoms with Gasteiger partial charge in [0, 0.05) is 11.3 Å². The normalized spacial score (nSPS) is 10.3. The van der Waals surface area contributed by atoms with Gasteiger partial charge in [-0.05, 0) is 25.1 Å². The Morgan fingerprint density at radius 3 is 3.00 bits per heavy atom. The van der Waals surface area contributed by atoms with E-state index in [0.717, 1.165) is 17.0 Å². The Bertz CT molecular complexity index is 483. The zero-order valence-corrected chi connectivity index (χ0v) is 10.2. The van der Waals surface area contributed by atoms with E-state index in [0.29, 0.717) is 18.9 Å². The third kappa shape index (κ3) is 3.01. The maximum Gasteiger partial charge on any atom is 0.180 e. The number of nitrogens with one attached hydrogen (secondary N) is 1. The van der Waals surface area contributed by atoms with Gasteiger partial charge in [0.2, 0.25) is 0 Å². The van der Waals surface area contributed by atoms with Crippen molar-refractivity contribution in [3.63, 3.8) is 0 Å². The van der Waals surface area contributed by atoms with E-state index in [1.807, 2.05) is 25.1 Å². The summed E-state index contributed by atoms with van der Waals surface area (Å²) in [7, 11) is 0. The molecule has 2 rings (SSSR count). The fraction of sp³-hybridized carbons (Fsp3) is 0.308. The highest BCUT2D eigenvalue weighted by molar-refractivity contribution is 5.51. The van der Waals surface area contributed by atoms with Crippen LogP contribution in [0.5, 0.6) is 5.75 Å². The number of aromatic nitrogens is 1. The summed E-state index contributed by atoms with van der Waals surface area (Å²) in [6, 6.07) is 5.61. The first-order valence-corrected chi connectivity index (χ1v) is 5.81. The molecule has 0 atom stereocenters. The molecule has 1 aromatic carbocycles. The lowest BCUT2D eigenvalue weighted by atomic mass is 10.2. The number of benzene rings is 1. The lowest BCUT2D eigenvalue weighted by Gasteiger charge is -2.11. The summed E-state index contributed by atoms with van der Waals surface area (Å²) in [6.07, 6.45) is 3.06. The molecule has 0 spiro atoms. The molecule has 2 aromatic rings. The quantitative estimate of drug-likeness (QED) is 0.820. The summed E-state index contributed by atoms with van der Waals surface area (Å²) in [4.78, 5) is 3.84. The van der Waals surface area contributed by atoms with Crippen LogP contribution < -0.4 is 10.1 Å². The van der Waals surface area contributed by atoms with Crippen LogP contribution in [0, 0.1) is 0 Å². The predicted molar refractivity (Wildman–Crippen MR) is 67.4 cm³/mol. The van der Waals surface area contributed by atoms with Crippen molar-refractivity contribution in [2.45, 2.75) is 20.1 Å². The second kappa shape index (κ2) is 6.07. The topological polar surface area (TPSA) is 67.5 Å². The van der Waals surface area contributed by atoms with E-state index in [-0.39, 0.29) is 6.61 Å². The molecule has 0 unspecified atom stereocenters. The molecule has 18 heavy (non-hydrogen) atoms. The Kier molecular flexibility index (Phi) is 4.20. The van der Waals surface area contributed by atoms with Crippen LogP contribution in [0.25, 0.3) is 0 Å². The highest BCUT2D eigenvalue weighted by Gasteiger charge is 2.04. The molecule has 0 saturated carbocycles. The van der Waals surface area contributed by atoms with Gasteiger partial charge in [-0.25, -0.2) is 4.98 Å². The number of anilines is 1. The van der Waals surface area contributed by atoms with E-state index in [9.17, 15) is 5.11 Å². The van der Waals surface area contributed by atoms with Gasteiger partial charge in [0.15, 0.2) is 6.39 Å². The Morgan fingerprint density at radius 2 is 2.33 bits per heavy atom. The molecule has 0 aliphatic rings. The zero-order valence-electron chi connectivity index (χ0n) is 10.2. The summed E-state index contributed by atoms with van der Waals surface area (Å²) in [5.74, 6) is 1.47. The number of rotatable bonds is 6. The van der Waals surface area contributed by atoms with E-state index >= 15 is 0 Å². The third-order valence-corrected chi connectivity index (χ3v) is 2.48. The number of hydrogen-bond donors (Lipinski definition) is 2. The number of aliphatic hydroxyl groups excluding tert-OH is 1. The maximum absolute atomic E-state index is 9.29. The highest BCUT2D eigenvalue weighted by atomic mass is 16.5. The molecule has 96 valence electrons. The van der Waals surface area contributed by atoms with Crippen LogP contribution in [0.2, 0.25) is 0 Å². The van der Waals surface area contributed by atoms with Gasteiger partial charge in [0.1, 0.15) is 11.5 Å². The van der Waals surface area contributed by atoms with Crippen LogP contribution >= 0.6 is 0 Å². The predicted octanol–water partition coefficient (Wildman–Crippen LogP) is 2.18. The number of hydrogen-bond acceptors (Lipinski definition) is 5. The first-order valence-electron chi connectivity index (χ1n) is 5.81. The van der Waals surface area contributed by atoms with Gasteiger partial charge < -0.3 is 19.6 Å². The summed E-state index contributed by atoms with van der Waals surface area (Å²) in [5, 5.41) is 12.5. The highest BCUT2D eigenvalue weighted by Crippen LogP contribution is 2.23. The standard InChI is InChI=1S/C13H16N2O3/c1-2-17-13-4-3-11(5-10(13)8-16)15-7-12-6-14-9-18-12/h3-6,9,15-16H,2,7-8H2,1H3. The fourth-order valence-corrected chi connectivity index (χ4v) is 1.63. The Morgan fingerprint density at radius 1 is 1.44 bits per heavy atom. The van der Waals surface area contributed by atoms with Crippen molar-refractivity contribution < 1.29 is 14.3 Å². The molecule has 2 N–H and O–H groups in total. The fourth-order valence-electron chi connectivity index (χ4n) is 1.63. The average Bonchev–Trinajstić information content (AvgIpc) is 2.91. The van der Waals surface area contributed by atoms with Crippen LogP contribution in [0.1, 0.15) is 18.2 Å². The van der Waals surface area contributed by atoms with Crippen LogP contribution in [0.4, 0.5) is 5.69 Å². The zero-order chi connectivity index (χ0) is 12.8. The van der Waals surface area contributed by atoms with Gasteiger partial charge in [-0.2, -0.15) is 0 Å². The molecular formula is C13H16N2O3.